The zero-order valence-corrected chi connectivity index (χ0v) is 11.9. The first-order chi connectivity index (χ1) is 7.50. The molecule has 2 atom stereocenters. The van der Waals surface area contributed by atoms with Crippen molar-refractivity contribution in [1.29, 1.82) is 0 Å². The lowest BCUT2D eigenvalue weighted by Gasteiger charge is -2.49. The number of aldehydes is 1. The van der Waals surface area contributed by atoms with Crippen LogP contribution in [0.4, 0.5) is 0 Å². The highest BCUT2D eigenvalue weighted by Gasteiger charge is 2.49. The molecule has 0 aromatic heterocycles. The molecule has 2 rings (SSSR count). The van der Waals surface area contributed by atoms with Crippen molar-refractivity contribution in [3.8, 4) is 0 Å². The molecule has 0 saturated heterocycles. The number of hydrogen-bond donors (Lipinski definition) is 0. The monoisotopic (exact) mass is 236 g/mol. The van der Waals surface area contributed by atoms with E-state index < -0.39 is 8.07 Å². The minimum Gasteiger partial charge on any atom is -0.302 e. The Bertz CT molecular complexity index is 313. The van der Waals surface area contributed by atoms with Gasteiger partial charge in [0.25, 0.3) is 0 Å². The van der Waals surface area contributed by atoms with Crippen molar-refractivity contribution in [2.75, 3.05) is 0 Å². The Kier molecular flexibility index (Phi) is 3.13. The molecule has 0 radical (unpaired) electrons. The van der Waals surface area contributed by atoms with E-state index >= 15 is 0 Å². The zero-order chi connectivity index (χ0) is 11.8. The van der Waals surface area contributed by atoms with Crippen LogP contribution in [0.5, 0.6) is 0 Å². The first-order valence-electron chi connectivity index (χ1n) is 6.66. The molecule has 0 unspecified atom stereocenters. The van der Waals surface area contributed by atoms with Crippen LogP contribution in [0, 0.1) is 5.41 Å². The van der Waals surface area contributed by atoms with E-state index in [0.29, 0.717) is 5.54 Å². The van der Waals surface area contributed by atoms with Crippen molar-refractivity contribution < 1.29 is 4.79 Å². The number of carbonyl (C=O) groups is 1. The predicted molar refractivity (Wildman–Crippen MR) is 71.4 cm³/mol. The van der Waals surface area contributed by atoms with Gasteiger partial charge in [0, 0.05) is 13.5 Å². The molecule has 0 amide bonds. The lowest BCUT2D eigenvalue weighted by atomic mass is 9.65. The van der Waals surface area contributed by atoms with Gasteiger partial charge in [-0.15, -0.1) is 0 Å². The van der Waals surface area contributed by atoms with Crippen LogP contribution in [0.25, 0.3) is 0 Å². The second-order valence-corrected chi connectivity index (χ2v) is 12.0. The first kappa shape index (κ1) is 12.1. The maximum Gasteiger partial charge on any atom is 0.130 e. The minimum atomic E-state index is -1.23. The topological polar surface area (TPSA) is 17.1 Å². The van der Waals surface area contributed by atoms with Gasteiger partial charge in [-0.05, 0) is 37.6 Å². The molecule has 1 saturated carbocycles. The maximum absolute atomic E-state index is 11.8. The van der Waals surface area contributed by atoms with Gasteiger partial charge in [-0.25, -0.2) is 0 Å². The molecule has 2 aliphatic carbocycles. The Morgan fingerprint density at radius 1 is 1.38 bits per heavy atom. The molecule has 0 N–H and O–H groups in total. The minimum absolute atomic E-state index is 0.0407. The second kappa shape index (κ2) is 4.14. The standard InChI is InChI=1S/C14H24OSi/c1-16(2,3)13-9-6-8-12-7-4-5-10-14(12,13)11-15/h8,11,13H,4-7,9-10H2,1-3H3/t13-,14+/m1/s1. The fraction of sp³-hybridized carbons (Fsp3) is 0.786. The van der Waals surface area contributed by atoms with E-state index in [1.54, 1.807) is 0 Å². The molecule has 2 aliphatic rings. The SMILES string of the molecule is C[Si](C)(C)[C@@H]1CCC=C2CCCC[C@]21C=O. The number of allylic oxidation sites excluding steroid dienone is 2. The van der Waals surface area contributed by atoms with E-state index in [-0.39, 0.29) is 5.41 Å². The third kappa shape index (κ3) is 1.81. The lowest BCUT2D eigenvalue weighted by Crippen LogP contribution is -2.46. The Morgan fingerprint density at radius 3 is 2.75 bits per heavy atom. The summed E-state index contributed by atoms with van der Waals surface area (Å²) < 4.78 is 0. The van der Waals surface area contributed by atoms with E-state index in [2.05, 4.69) is 25.7 Å². The van der Waals surface area contributed by atoms with Gasteiger partial charge in [0.1, 0.15) is 6.29 Å². The molecule has 0 bridgehead atoms. The molecular weight excluding hydrogens is 212 g/mol. The summed E-state index contributed by atoms with van der Waals surface area (Å²) >= 11 is 0. The number of carbonyl (C=O) groups excluding carboxylic acids is 1. The third-order valence-electron chi connectivity index (χ3n) is 4.61. The average molecular weight is 236 g/mol. The smallest absolute Gasteiger partial charge is 0.130 e. The van der Waals surface area contributed by atoms with Crippen molar-refractivity contribution in [1.82, 2.24) is 0 Å². The highest BCUT2D eigenvalue weighted by atomic mass is 28.3. The molecule has 1 fully saturated rings. The van der Waals surface area contributed by atoms with Crippen molar-refractivity contribution in [2.45, 2.75) is 63.7 Å². The molecule has 0 spiro atoms. The summed E-state index contributed by atoms with van der Waals surface area (Å²) in [6.45, 7) is 7.29. The van der Waals surface area contributed by atoms with Crippen molar-refractivity contribution in [3.63, 3.8) is 0 Å². The fourth-order valence-corrected chi connectivity index (χ4v) is 6.90. The highest BCUT2D eigenvalue weighted by Crippen LogP contribution is 2.56. The summed E-state index contributed by atoms with van der Waals surface area (Å²) in [6, 6.07) is 0. The molecule has 0 aromatic carbocycles. The van der Waals surface area contributed by atoms with Crippen LogP contribution in [0.1, 0.15) is 38.5 Å². The Hall–Kier alpha value is -0.373. The Balaban J connectivity index is 2.41. The molecular formula is C14H24OSi. The predicted octanol–water partition coefficient (Wildman–Crippen LogP) is 4.17. The van der Waals surface area contributed by atoms with Crippen LogP contribution in [0.3, 0.4) is 0 Å². The van der Waals surface area contributed by atoms with Crippen LogP contribution in [-0.2, 0) is 4.79 Å². The summed E-state index contributed by atoms with van der Waals surface area (Å²) in [5.74, 6) is 0. The summed E-state index contributed by atoms with van der Waals surface area (Å²) in [4.78, 5) is 11.8. The van der Waals surface area contributed by atoms with Crippen LogP contribution in [-0.4, -0.2) is 14.4 Å². The summed E-state index contributed by atoms with van der Waals surface area (Å²) in [7, 11) is -1.23. The van der Waals surface area contributed by atoms with Crippen LogP contribution in [0.2, 0.25) is 25.2 Å². The van der Waals surface area contributed by atoms with Gasteiger partial charge in [0.15, 0.2) is 0 Å². The molecule has 90 valence electrons. The molecule has 0 aliphatic heterocycles. The van der Waals surface area contributed by atoms with Crippen LogP contribution in [0.15, 0.2) is 11.6 Å². The van der Waals surface area contributed by atoms with Gasteiger partial charge >= 0.3 is 0 Å². The Labute approximate surface area is 100 Å². The van der Waals surface area contributed by atoms with E-state index in [4.69, 9.17) is 0 Å². The van der Waals surface area contributed by atoms with E-state index in [0.717, 1.165) is 6.42 Å². The van der Waals surface area contributed by atoms with Gasteiger partial charge in [-0.3, -0.25) is 0 Å². The fourth-order valence-electron chi connectivity index (χ4n) is 3.92. The molecule has 0 aromatic rings. The summed E-state index contributed by atoms with van der Waals surface area (Å²) in [5.41, 5.74) is 2.13. The number of hydrogen-bond acceptors (Lipinski definition) is 1. The molecule has 16 heavy (non-hydrogen) atoms. The zero-order valence-electron chi connectivity index (χ0n) is 10.9. The highest BCUT2D eigenvalue weighted by molar-refractivity contribution is 6.78. The normalized spacial score (nSPS) is 35.2. The van der Waals surface area contributed by atoms with E-state index in [1.807, 2.05) is 0 Å². The largest absolute Gasteiger partial charge is 0.302 e. The van der Waals surface area contributed by atoms with Gasteiger partial charge in [-0.2, -0.15) is 0 Å². The van der Waals surface area contributed by atoms with Gasteiger partial charge in [0.05, 0.1) is 0 Å². The third-order valence-corrected chi connectivity index (χ3v) is 7.50. The molecule has 0 heterocycles. The maximum atomic E-state index is 11.8. The summed E-state index contributed by atoms with van der Waals surface area (Å²) in [5, 5.41) is 0. The van der Waals surface area contributed by atoms with E-state index in [9.17, 15) is 4.79 Å². The second-order valence-electron chi connectivity index (χ2n) is 6.59. The molecule has 2 heteroatoms. The Morgan fingerprint density at radius 2 is 2.12 bits per heavy atom. The first-order valence-corrected chi connectivity index (χ1v) is 10.2. The van der Waals surface area contributed by atoms with Crippen molar-refractivity contribution >= 4 is 14.4 Å². The van der Waals surface area contributed by atoms with Crippen molar-refractivity contribution in [2.24, 2.45) is 5.41 Å². The van der Waals surface area contributed by atoms with Gasteiger partial charge < -0.3 is 4.79 Å². The quantitative estimate of drug-likeness (QED) is 0.399. The van der Waals surface area contributed by atoms with Crippen molar-refractivity contribution in [3.05, 3.63) is 11.6 Å². The number of fused-ring (bicyclic) bond motifs is 1. The average Bonchev–Trinajstić information content (AvgIpc) is 2.26. The van der Waals surface area contributed by atoms with Gasteiger partial charge in [-0.1, -0.05) is 37.7 Å². The van der Waals surface area contributed by atoms with Gasteiger partial charge in [0.2, 0.25) is 0 Å². The summed E-state index contributed by atoms with van der Waals surface area (Å²) in [6.07, 6.45) is 11.0. The van der Waals surface area contributed by atoms with Crippen LogP contribution >= 0.6 is 0 Å². The molecule has 1 nitrogen and oxygen atoms in total. The van der Waals surface area contributed by atoms with Crippen LogP contribution < -0.4 is 0 Å². The van der Waals surface area contributed by atoms with E-state index in [1.165, 1.54) is 44.0 Å². The lowest BCUT2D eigenvalue weighted by molar-refractivity contribution is -0.116. The number of rotatable bonds is 2.